The van der Waals surface area contributed by atoms with E-state index in [1.165, 1.54) is 0 Å². The second kappa shape index (κ2) is 9.52. The van der Waals surface area contributed by atoms with E-state index in [0.29, 0.717) is 0 Å². The smallest absolute Gasteiger partial charge is 0.408 e. The van der Waals surface area contributed by atoms with Crippen molar-refractivity contribution in [1.82, 2.24) is 5.32 Å². The first kappa shape index (κ1) is 23.5. The summed E-state index contributed by atoms with van der Waals surface area (Å²) in [7, 11) is 0. The van der Waals surface area contributed by atoms with E-state index in [9.17, 15) is 19.5 Å². The topological polar surface area (TPSA) is 111 Å². The summed E-state index contributed by atoms with van der Waals surface area (Å²) in [5.74, 6) is -4.43. The van der Waals surface area contributed by atoms with E-state index in [2.05, 4.69) is 21.2 Å². The van der Waals surface area contributed by atoms with Crippen LogP contribution in [0.1, 0.15) is 32.3 Å². The summed E-state index contributed by atoms with van der Waals surface area (Å²) < 4.78 is 24.5. The molecule has 1 unspecified atom stereocenters. The standard InChI is InChI=1S/C27H28BrNO7/c1-3-34-24(31)20-19-21(20)27(23(28)22(19)30,25(32)35-4-2)29-26(33)36-13-18-16-11-7-5-9-14(16)15-10-6-8-12-17(15)18/h5-12,18-23,30H,3-4,13H2,1-2H3,(H,29,33)/t19-,20-,21-,22-,23?,27+/m0/s1/i22T. The molecule has 1 amide bonds. The zero-order valence-corrected chi connectivity index (χ0v) is 21.5. The zero-order valence-electron chi connectivity index (χ0n) is 20.9. The van der Waals surface area contributed by atoms with Gasteiger partial charge in [0, 0.05) is 17.8 Å². The molecule has 0 aromatic heterocycles. The number of amides is 1. The fourth-order valence-corrected chi connectivity index (χ4v) is 6.75. The fraction of sp³-hybridized carbons (Fsp3) is 0.444. The highest BCUT2D eigenvalue weighted by Crippen LogP contribution is 2.64. The Morgan fingerprint density at radius 1 is 1.00 bits per heavy atom. The van der Waals surface area contributed by atoms with E-state index < -0.39 is 52.2 Å². The van der Waals surface area contributed by atoms with Gasteiger partial charge < -0.3 is 24.6 Å². The van der Waals surface area contributed by atoms with E-state index in [-0.39, 0.29) is 25.7 Å². The first-order chi connectivity index (χ1) is 17.7. The Balaban J connectivity index is 1.40. The van der Waals surface area contributed by atoms with Crippen molar-refractivity contribution >= 4 is 34.0 Å². The quantitative estimate of drug-likeness (QED) is 0.304. The summed E-state index contributed by atoms with van der Waals surface area (Å²) in [5.41, 5.74) is 2.31. The monoisotopic (exact) mass is 559 g/mol. The van der Waals surface area contributed by atoms with Gasteiger partial charge in [-0.05, 0) is 36.1 Å². The largest absolute Gasteiger partial charge is 0.466 e. The molecule has 9 heteroatoms. The van der Waals surface area contributed by atoms with Gasteiger partial charge in [0.05, 0.1) is 31.4 Å². The zero-order chi connectivity index (χ0) is 26.5. The van der Waals surface area contributed by atoms with Crippen molar-refractivity contribution in [3.63, 3.8) is 0 Å². The van der Waals surface area contributed by atoms with Gasteiger partial charge in [-0.2, -0.15) is 0 Å². The van der Waals surface area contributed by atoms with Crippen molar-refractivity contribution in [2.24, 2.45) is 17.8 Å². The van der Waals surface area contributed by atoms with Crippen LogP contribution in [0.15, 0.2) is 48.5 Å². The van der Waals surface area contributed by atoms with E-state index in [4.69, 9.17) is 15.6 Å². The number of nitrogens with one attached hydrogen (secondary N) is 1. The second-order valence-corrected chi connectivity index (χ2v) is 10.1. The maximum Gasteiger partial charge on any atom is 0.408 e. The van der Waals surface area contributed by atoms with Gasteiger partial charge in [-0.1, -0.05) is 64.5 Å². The summed E-state index contributed by atoms with van der Waals surface area (Å²) in [6.07, 6.45) is -3.14. The van der Waals surface area contributed by atoms with Gasteiger partial charge in [-0.15, -0.1) is 0 Å². The van der Waals surface area contributed by atoms with Gasteiger partial charge >= 0.3 is 18.0 Å². The summed E-state index contributed by atoms with van der Waals surface area (Å²) in [6.45, 7) is 3.37. The third-order valence-corrected chi connectivity index (χ3v) is 8.56. The summed E-state index contributed by atoms with van der Waals surface area (Å²) >= 11 is 3.27. The van der Waals surface area contributed by atoms with Crippen LogP contribution in [-0.2, 0) is 23.8 Å². The summed E-state index contributed by atoms with van der Waals surface area (Å²) in [4.78, 5) is 37.8. The molecule has 3 aliphatic rings. The van der Waals surface area contributed by atoms with E-state index >= 15 is 0 Å². The molecule has 8 nitrogen and oxygen atoms in total. The molecule has 0 radical (unpaired) electrons. The number of rotatable bonds is 7. The van der Waals surface area contributed by atoms with Crippen LogP contribution in [0.2, 0.25) is 0 Å². The number of aliphatic hydroxyl groups is 1. The van der Waals surface area contributed by atoms with E-state index in [1.54, 1.807) is 13.8 Å². The van der Waals surface area contributed by atoms with Crippen molar-refractivity contribution < 1.29 is 35.1 Å². The van der Waals surface area contributed by atoms with Gasteiger partial charge in [0.1, 0.15) is 6.61 Å². The van der Waals surface area contributed by atoms with Gasteiger partial charge in [0.25, 0.3) is 0 Å². The number of carbonyl (C=O) groups excluding carboxylic acids is 3. The minimum Gasteiger partial charge on any atom is -0.466 e. The highest BCUT2D eigenvalue weighted by molar-refractivity contribution is 9.09. The van der Waals surface area contributed by atoms with Crippen molar-refractivity contribution in [2.45, 2.75) is 36.2 Å². The summed E-state index contributed by atoms with van der Waals surface area (Å²) in [5, 5.41) is 13.6. The van der Waals surface area contributed by atoms with Gasteiger partial charge in [0.2, 0.25) is 0 Å². The normalized spacial score (nSPS) is 31.9. The molecule has 0 heterocycles. The molecule has 2 saturated carbocycles. The Bertz CT molecular complexity index is 1210. The maximum absolute atomic E-state index is 13.3. The molecule has 0 aliphatic heterocycles. The molecule has 0 bridgehead atoms. The third kappa shape index (κ3) is 3.71. The Labute approximate surface area is 218 Å². The molecule has 2 N–H and O–H groups in total. The minimum absolute atomic E-state index is 0.00453. The van der Waals surface area contributed by atoms with Crippen LogP contribution in [0.4, 0.5) is 4.79 Å². The first-order valence-electron chi connectivity index (χ1n) is 12.5. The highest BCUT2D eigenvalue weighted by Gasteiger charge is 2.80. The van der Waals surface area contributed by atoms with Crippen LogP contribution < -0.4 is 5.32 Å². The second-order valence-electron chi connectivity index (χ2n) is 9.16. The number of fused-ring (bicyclic) bond motifs is 4. The lowest BCUT2D eigenvalue weighted by Gasteiger charge is -2.35. The van der Waals surface area contributed by atoms with Crippen LogP contribution in [0, 0.1) is 17.8 Å². The number of halogens is 1. The Kier molecular flexibility index (Phi) is 6.21. The van der Waals surface area contributed by atoms with Crippen molar-refractivity contribution in [3.8, 4) is 11.1 Å². The van der Waals surface area contributed by atoms with Crippen LogP contribution in [-0.4, -0.2) is 59.4 Å². The lowest BCUT2D eigenvalue weighted by Crippen LogP contribution is -2.63. The molecule has 36 heavy (non-hydrogen) atoms. The SMILES string of the molecule is [3H][C@@]1(O)C(Br)[C@@](NC(=O)OCC2c3ccccc3-c3ccccc32)(C(=O)OCC)[C@@H]2[C@@H](C(=O)OCC)[C@@H]21. The van der Waals surface area contributed by atoms with Crippen molar-refractivity contribution in [2.75, 3.05) is 19.8 Å². The number of ether oxygens (including phenoxy) is 3. The Hall–Kier alpha value is -2.91. The number of benzene rings is 2. The van der Waals surface area contributed by atoms with Crippen LogP contribution in [0.3, 0.4) is 0 Å². The predicted octanol–water partition coefficient (Wildman–Crippen LogP) is 3.39. The lowest BCUT2D eigenvalue weighted by molar-refractivity contribution is -0.153. The van der Waals surface area contributed by atoms with Crippen molar-refractivity contribution in [1.29, 1.82) is 0 Å². The molecule has 0 saturated heterocycles. The molecule has 2 aromatic rings. The van der Waals surface area contributed by atoms with Crippen LogP contribution in [0.5, 0.6) is 0 Å². The molecular weight excluding hydrogens is 530 g/mol. The number of alkyl halides is 1. The third-order valence-electron chi connectivity index (χ3n) is 7.37. The predicted molar refractivity (Wildman–Crippen MR) is 133 cm³/mol. The molecule has 6 atom stereocenters. The summed E-state index contributed by atoms with van der Waals surface area (Å²) in [6, 6.07) is 15.8. The average molecular weight is 560 g/mol. The minimum atomic E-state index is -2.23. The van der Waals surface area contributed by atoms with Gasteiger partial charge in [0.15, 0.2) is 5.54 Å². The van der Waals surface area contributed by atoms with E-state index in [0.717, 1.165) is 22.3 Å². The van der Waals surface area contributed by atoms with E-state index in [1.807, 2.05) is 48.5 Å². The van der Waals surface area contributed by atoms with Crippen LogP contribution in [0.25, 0.3) is 11.1 Å². The first-order valence-corrected chi connectivity index (χ1v) is 12.9. The number of alkyl carbamates (subject to hydrolysis) is 1. The van der Waals surface area contributed by atoms with Crippen LogP contribution >= 0.6 is 15.9 Å². The number of hydrogen-bond donors (Lipinski definition) is 2. The molecule has 2 aromatic carbocycles. The number of hydrogen-bond acceptors (Lipinski definition) is 7. The highest BCUT2D eigenvalue weighted by atomic mass is 79.9. The maximum atomic E-state index is 13.3. The Morgan fingerprint density at radius 3 is 2.17 bits per heavy atom. The molecule has 190 valence electrons. The molecule has 0 spiro atoms. The molecule has 5 rings (SSSR count). The molecular formula is C27H28BrNO7. The average Bonchev–Trinajstić information content (AvgIpc) is 3.53. The van der Waals surface area contributed by atoms with Gasteiger partial charge in [-0.25, -0.2) is 9.59 Å². The number of esters is 2. The Morgan fingerprint density at radius 2 is 1.58 bits per heavy atom. The molecule has 2 fully saturated rings. The number of carbonyl (C=O) groups is 3. The van der Waals surface area contributed by atoms with Crippen molar-refractivity contribution in [3.05, 3.63) is 59.7 Å². The molecule has 3 aliphatic carbocycles. The fourth-order valence-electron chi connectivity index (χ4n) is 5.84. The lowest BCUT2D eigenvalue weighted by atomic mass is 9.89. The van der Waals surface area contributed by atoms with Gasteiger partial charge in [-0.3, -0.25) is 4.79 Å².